The van der Waals surface area contributed by atoms with E-state index >= 15 is 0 Å². The SMILES string of the molecule is O=C(NCc1nc(-c2cccnc2)cs1)c1c(F)cccc1Cl. The number of hydrogen-bond acceptors (Lipinski definition) is 4. The van der Waals surface area contributed by atoms with E-state index in [4.69, 9.17) is 11.6 Å². The summed E-state index contributed by atoms with van der Waals surface area (Å²) < 4.78 is 13.7. The number of benzene rings is 1. The standard InChI is InChI=1S/C16H11ClFN3OS/c17-11-4-1-5-12(18)15(11)16(22)20-8-14-21-13(9-23-14)10-3-2-6-19-7-10/h1-7,9H,8H2,(H,20,22). The smallest absolute Gasteiger partial charge is 0.256 e. The van der Waals surface area contributed by atoms with Crippen LogP contribution in [0.15, 0.2) is 48.1 Å². The monoisotopic (exact) mass is 347 g/mol. The Morgan fingerprint density at radius 1 is 1.30 bits per heavy atom. The zero-order valence-corrected chi connectivity index (χ0v) is 13.4. The number of rotatable bonds is 4. The van der Waals surface area contributed by atoms with Gasteiger partial charge < -0.3 is 5.32 Å². The molecule has 0 saturated carbocycles. The second-order valence-electron chi connectivity index (χ2n) is 4.65. The molecule has 0 spiro atoms. The maximum atomic E-state index is 13.7. The molecule has 0 unspecified atom stereocenters. The van der Waals surface area contributed by atoms with Gasteiger partial charge in [-0.2, -0.15) is 0 Å². The molecule has 1 amide bonds. The number of amides is 1. The summed E-state index contributed by atoms with van der Waals surface area (Å²) in [5, 5.41) is 5.31. The molecule has 7 heteroatoms. The highest BCUT2D eigenvalue weighted by Gasteiger charge is 2.16. The Morgan fingerprint density at radius 2 is 2.17 bits per heavy atom. The van der Waals surface area contributed by atoms with E-state index in [0.717, 1.165) is 11.3 Å². The predicted molar refractivity (Wildman–Crippen MR) is 87.9 cm³/mol. The number of pyridine rings is 1. The molecule has 0 aliphatic heterocycles. The Balaban J connectivity index is 1.70. The summed E-state index contributed by atoms with van der Waals surface area (Å²) in [5.74, 6) is -1.21. The van der Waals surface area contributed by atoms with Gasteiger partial charge in [-0.3, -0.25) is 9.78 Å². The molecule has 0 saturated heterocycles. The molecule has 3 aromatic rings. The maximum Gasteiger partial charge on any atom is 0.256 e. The number of thiazole rings is 1. The summed E-state index contributed by atoms with van der Waals surface area (Å²) in [6.45, 7) is 0.203. The molecule has 2 aromatic heterocycles. The normalized spacial score (nSPS) is 10.5. The Bertz CT molecular complexity index is 818. The highest BCUT2D eigenvalue weighted by molar-refractivity contribution is 7.09. The van der Waals surface area contributed by atoms with Crippen molar-refractivity contribution < 1.29 is 9.18 Å². The third-order valence-corrected chi connectivity index (χ3v) is 4.26. The molecular formula is C16H11ClFN3OS. The van der Waals surface area contributed by atoms with Gasteiger partial charge in [-0.1, -0.05) is 17.7 Å². The first-order valence-corrected chi connectivity index (χ1v) is 7.98. The molecule has 0 atom stereocenters. The van der Waals surface area contributed by atoms with E-state index in [0.29, 0.717) is 5.01 Å². The fourth-order valence-electron chi connectivity index (χ4n) is 2.00. The van der Waals surface area contributed by atoms with Crippen LogP contribution < -0.4 is 5.32 Å². The Hall–Kier alpha value is -2.31. The molecule has 116 valence electrons. The van der Waals surface area contributed by atoms with Crippen molar-refractivity contribution in [1.82, 2.24) is 15.3 Å². The molecule has 0 aliphatic rings. The van der Waals surface area contributed by atoms with Crippen molar-refractivity contribution in [1.29, 1.82) is 0 Å². The van der Waals surface area contributed by atoms with Crippen molar-refractivity contribution in [3.63, 3.8) is 0 Å². The molecule has 0 bridgehead atoms. The van der Waals surface area contributed by atoms with Gasteiger partial charge in [0, 0.05) is 23.3 Å². The molecule has 1 N–H and O–H groups in total. The van der Waals surface area contributed by atoms with Gasteiger partial charge in [0.05, 0.1) is 22.8 Å². The zero-order chi connectivity index (χ0) is 16.2. The number of hydrogen-bond donors (Lipinski definition) is 1. The van der Waals surface area contributed by atoms with Crippen molar-refractivity contribution in [2.24, 2.45) is 0 Å². The Labute approximate surface area is 141 Å². The van der Waals surface area contributed by atoms with Crippen molar-refractivity contribution in [3.8, 4) is 11.3 Å². The van der Waals surface area contributed by atoms with Crippen molar-refractivity contribution in [2.75, 3.05) is 0 Å². The van der Waals surface area contributed by atoms with E-state index in [1.165, 1.54) is 29.5 Å². The maximum absolute atomic E-state index is 13.7. The molecule has 1 aromatic carbocycles. The van der Waals surface area contributed by atoms with Crippen molar-refractivity contribution in [2.45, 2.75) is 6.54 Å². The number of aromatic nitrogens is 2. The highest BCUT2D eigenvalue weighted by atomic mass is 35.5. The van der Waals surface area contributed by atoms with Gasteiger partial charge in [0.1, 0.15) is 10.8 Å². The van der Waals surface area contributed by atoms with Gasteiger partial charge in [-0.25, -0.2) is 9.37 Å². The lowest BCUT2D eigenvalue weighted by Crippen LogP contribution is -2.24. The van der Waals surface area contributed by atoms with E-state index in [1.54, 1.807) is 12.4 Å². The molecule has 4 nitrogen and oxygen atoms in total. The van der Waals surface area contributed by atoms with Crippen LogP contribution in [0.3, 0.4) is 0 Å². The van der Waals surface area contributed by atoms with Gasteiger partial charge in [-0.05, 0) is 24.3 Å². The third-order valence-electron chi connectivity index (χ3n) is 3.10. The molecule has 0 radical (unpaired) electrons. The summed E-state index contributed by atoms with van der Waals surface area (Å²) in [6, 6.07) is 7.86. The van der Waals surface area contributed by atoms with Crippen LogP contribution in [0, 0.1) is 5.82 Å². The lowest BCUT2D eigenvalue weighted by atomic mass is 10.2. The fourth-order valence-corrected chi connectivity index (χ4v) is 2.99. The van der Waals surface area contributed by atoms with E-state index < -0.39 is 11.7 Å². The van der Waals surface area contributed by atoms with Gasteiger partial charge in [-0.15, -0.1) is 11.3 Å². The first-order valence-electron chi connectivity index (χ1n) is 6.72. The average Bonchev–Trinajstić information content (AvgIpc) is 3.02. The molecule has 0 aliphatic carbocycles. The van der Waals surface area contributed by atoms with E-state index in [9.17, 15) is 9.18 Å². The van der Waals surface area contributed by atoms with Crippen LogP contribution >= 0.6 is 22.9 Å². The zero-order valence-electron chi connectivity index (χ0n) is 11.8. The Kier molecular flexibility index (Phi) is 4.64. The number of nitrogens with zero attached hydrogens (tertiary/aromatic N) is 2. The number of carbonyl (C=O) groups excluding carboxylic acids is 1. The number of halogens is 2. The summed E-state index contributed by atoms with van der Waals surface area (Å²) in [5.41, 5.74) is 1.54. The van der Waals surface area contributed by atoms with Crippen LogP contribution in [-0.2, 0) is 6.54 Å². The van der Waals surface area contributed by atoms with E-state index in [2.05, 4.69) is 15.3 Å². The topological polar surface area (TPSA) is 54.9 Å². The van der Waals surface area contributed by atoms with Crippen LogP contribution in [0.5, 0.6) is 0 Å². The van der Waals surface area contributed by atoms with Gasteiger partial charge >= 0.3 is 0 Å². The van der Waals surface area contributed by atoms with Crippen LogP contribution in [-0.4, -0.2) is 15.9 Å². The third kappa shape index (κ3) is 3.55. The first kappa shape index (κ1) is 15.6. The number of carbonyl (C=O) groups is 1. The molecule has 2 heterocycles. The van der Waals surface area contributed by atoms with Gasteiger partial charge in [0.2, 0.25) is 0 Å². The lowest BCUT2D eigenvalue weighted by Gasteiger charge is -2.06. The van der Waals surface area contributed by atoms with E-state index in [-0.39, 0.29) is 17.1 Å². The molecular weight excluding hydrogens is 337 g/mol. The van der Waals surface area contributed by atoms with E-state index in [1.807, 2.05) is 17.5 Å². The van der Waals surface area contributed by atoms with Crippen LogP contribution in [0.1, 0.15) is 15.4 Å². The van der Waals surface area contributed by atoms with Crippen molar-refractivity contribution >= 4 is 28.8 Å². The fraction of sp³-hybridized carbons (Fsp3) is 0.0625. The second kappa shape index (κ2) is 6.85. The molecule has 0 fully saturated rings. The van der Waals surface area contributed by atoms with Gasteiger partial charge in [0.25, 0.3) is 5.91 Å². The van der Waals surface area contributed by atoms with Crippen molar-refractivity contribution in [3.05, 3.63) is 69.5 Å². The number of nitrogens with one attached hydrogen (secondary N) is 1. The summed E-state index contributed by atoms with van der Waals surface area (Å²) in [4.78, 5) is 20.5. The largest absolute Gasteiger partial charge is 0.345 e. The minimum absolute atomic E-state index is 0.0812. The average molecular weight is 348 g/mol. The van der Waals surface area contributed by atoms with Gasteiger partial charge in [0.15, 0.2) is 0 Å². The highest BCUT2D eigenvalue weighted by Crippen LogP contribution is 2.22. The minimum Gasteiger partial charge on any atom is -0.345 e. The van der Waals surface area contributed by atoms with Crippen LogP contribution in [0.2, 0.25) is 5.02 Å². The summed E-state index contributed by atoms with van der Waals surface area (Å²) in [6.07, 6.45) is 3.41. The first-order chi connectivity index (χ1) is 11.1. The summed E-state index contributed by atoms with van der Waals surface area (Å²) in [7, 11) is 0. The lowest BCUT2D eigenvalue weighted by molar-refractivity contribution is 0.0947. The van der Waals surface area contributed by atoms with Crippen LogP contribution in [0.25, 0.3) is 11.3 Å². The Morgan fingerprint density at radius 3 is 2.91 bits per heavy atom. The second-order valence-corrected chi connectivity index (χ2v) is 6.00. The predicted octanol–water partition coefficient (Wildman–Crippen LogP) is 3.93. The minimum atomic E-state index is -0.648. The molecule has 3 rings (SSSR count). The van der Waals surface area contributed by atoms with Crippen LogP contribution in [0.4, 0.5) is 4.39 Å². The summed E-state index contributed by atoms with van der Waals surface area (Å²) >= 11 is 7.28. The quantitative estimate of drug-likeness (QED) is 0.778. The molecule has 23 heavy (non-hydrogen) atoms.